The molecule has 0 radical (unpaired) electrons. The van der Waals surface area contributed by atoms with Gasteiger partial charge in [-0.3, -0.25) is 0 Å². The molecule has 1 unspecified atom stereocenters. The molecule has 0 fully saturated rings. The zero-order valence-electron chi connectivity index (χ0n) is 12.1. The highest BCUT2D eigenvalue weighted by Gasteiger charge is 2.21. The summed E-state index contributed by atoms with van der Waals surface area (Å²) in [6.07, 6.45) is 3.18. The van der Waals surface area contributed by atoms with Crippen LogP contribution in [0.15, 0.2) is 24.3 Å². The van der Waals surface area contributed by atoms with Gasteiger partial charge in [0.25, 0.3) is 0 Å². The fourth-order valence-corrected chi connectivity index (χ4v) is 2.56. The molecule has 0 aliphatic carbocycles. The van der Waals surface area contributed by atoms with Crippen molar-refractivity contribution < 1.29 is 4.39 Å². The quantitative estimate of drug-likeness (QED) is 0.767. The lowest BCUT2D eigenvalue weighted by atomic mass is 9.80. The van der Waals surface area contributed by atoms with Gasteiger partial charge < -0.3 is 5.32 Å². The van der Waals surface area contributed by atoms with Crippen LogP contribution in [0.25, 0.3) is 0 Å². The zero-order valence-corrected chi connectivity index (χ0v) is 12.1. The van der Waals surface area contributed by atoms with Crippen molar-refractivity contribution in [3.8, 4) is 0 Å². The summed E-state index contributed by atoms with van der Waals surface area (Å²) in [6, 6.07) is 7.45. The summed E-state index contributed by atoms with van der Waals surface area (Å²) in [5.41, 5.74) is 1.27. The van der Waals surface area contributed by atoms with Crippen molar-refractivity contribution in [3.05, 3.63) is 35.6 Å². The first-order valence-electron chi connectivity index (χ1n) is 6.91. The summed E-state index contributed by atoms with van der Waals surface area (Å²) in [5.74, 6) is -0.138. The molecule has 0 saturated heterocycles. The van der Waals surface area contributed by atoms with E-state index < -0.39 is 0 Å². The van der Waals surface area contributed by atoms with Crippen molar-refractivity contribution in [2.45, 2.75) is 53.0 Å². The summed E-state index contributed by atoms with van der Waals surface area (Å²) < 4.78 is 13.2. The molecule has 102 valence electrons. The lowest BCUT2D eigenvalue weighted by molar-refractivity contribution is 0.287. The monoisotopic (exact) mass is 251 g/mol. The SMILES string of the molecule is CCCNC(C)CC(C)(C)Cc1cccc(F)c1. The molecule has 0 amide bonds. The van der Waals surface area contributed by atoms with Crippen LogP contribution in [-0.4, -0.2) is 12.6 Å². The standard InChI is InChI=1S/C16H26FN/c1-5-9-18-13(2)11-16(3,4)12-14-7-6-8-15(17)10-14/h6-8,10,13,18H,5,9,11-12H2,1-4H3. The Morgan fingerprint density at radius 1 is 1.33 bits per heavy atom. The van der Waals surface area contributed by atoms with Gasteiger partial charge in [0, 0.05) is 6.04 Å². The van der Waals surface area contributed by atoms with Gasteiger partial charge in [0.05, 0.1) is 0 Å². The lowest BCUT2D eigenvalue weighted by Crippen LogP contribution is -2.32. The van der Waals surface area contributed by atoms with Crippen molar-refractivity contribution in [2.75, 3.05) is 6.54 Å². The first-order chi connectivity index (χ1) is 8.43. The first-order valence-corrected chi connectivity index (χ1v) is 6.91. The Bertz CT molecular complexity index is 360. The van der Waals surface area contributed by atoms with E-state index in [9.17, 15) is 4.39 Å². The van der Waals surface area contributed by atoms with Crippen molar-refractivity contribution in [1.82, 2.24) is 5.32 Å². The Labute approximate surface area is 111 Å². The topological polar surface area (TPSA) is 12.0 Å². The van der Waals surface area contributed by atoms with Crippen LogP contribution in [-0.2, 0) is 6.42 Å². The highest BCUT2D eigenvalue weighted by molar-refractivity contribution is 5.17. The summed E-state index contributed by atoms with van der Waals surface area (Å²) in [7, 11) is 0. The van der Waals surface area contributed by atoms with Gasteiger partial charge in [0.1, 0.15) is 5.82 Å². The molecule has 1 atom stereocenters. The Morgan fingerprint density at radius 3 is 2.67 bits per heavy atom. The molecule has 0 aliphatic heterocycles. The van der Waals surface area contributed by atoms with Gasteiger partial charge in [-0.25, -0.2) is 4.39 Å². The average molecular weight is 251 g/mol. The van der Waals surface area contributed by atoms with E-state index in [1.165, 1.54) is 6.07 Å². The molecule has 1 aromatic carbocycles. The molecule has 0 heterocycles. The molecule has 0 spiro atoms. The highest BCUT2D eigenvalue weighted by Crippen LogP contribution is 2.27. The van der Waals surface area contributed by atoms with Crippen molar-refractivity contribution in [1.29, 1.82) is 0 Å². The van der Waals surface area contributed by atoms with Gasteiger partial charge in [-0.15, -0.1) is 0 Å². The number of benzene rings is 1. The molecular formula is C16H26FN. The maximum Gasteiger partial charge on any atom is 0.123 e. The van der Waals surface area contributed by atoms with Crippen LogP contribution in [0.5, 0.6) is 0 Å². The predicted octanol–water partition coefficient (Wildman–Crippen LogP) is 4.17. The van der Waals surface area contributed by atoms with Gasteiger partial charge in [-0.05, 0) is 55.8 Å². The predicted molar refractivity (Wildman–Crippen MR) is 76.3 cm³/mol. The van der Waals surface area contributed by atoms with E-state index in [1.54, 1.807) is 12.1 Å². The van der Waals surface area contributed by atoms with E-state index in [4.69, 9.17) is 0 Å². The van der Waals surface area contributed by atoms with E-state index in [0.717, 1.165) is 31.4 Å². The van der Waals surface area contributed by atoms with Crippen molar-refractivity contribution in [3.63, 3.8) is 0 Å². The minimum absolute atomic E-state index is 0.138. The number of halogens is 1. The van der Waals surface area contributed by atoms with E-state index in [1.807, 2.05) is 6.07 Å². The van der Waals surface area contributed by atoms with Crippen LogP contribution in [0.3, 0.4) is 0 Å². The van der Waals surface area contributed by atoms with Crippen LogP contribution in [0.1, 0.15) is 46.1 Å². The van der Waals surface area contributed by atoms with Gasteiger partial charge in [-0.1, -0.05) is 32.9 Å². The second-order valence-electron chi connectivity index (χ2n) is 6.03. The Morgan fingerprint density at radius 2 is 2.06 bits per heavy atom. The van der Waals surface area contributed by atoms with Crippen LogP contribution in [0.2, 0.25) is 0 Å². The lowest BCUT2D eigenvalue weighted by Gasteiger charge is -2.28. The third-order valence-electron chi connectivity index (χ3n) is 3.17. The molecule has 1 N–H and O–H groups in total. The summed E-state index contributed by atoms with van der Waals surface area (Å²) in [6.45, 7) is 9.97. The number of hydrogen-bond donors (Lipinski definition) is 1. The maximum atomic E-state index is 13.2. The van der Waals surface area contributed by atoms with Gasteiger partial charge in [0.15, 0.2) is 0 Å². The van der Waals surface area contributed by atoms with Gasteiger partial charge >= 0.3 is 0 Å². The fraction of sp³-hybridized carbons (Fsp3) is 0.625. The van der Waals surface area contributed by atoms with Gasteiger partial charge in [0.2, 0.25) is 0 Å². The molecule has 0 bridgehead atoms. The molecule has 0 aromatic heterocycles. The Hall–Kier alpha value is -0.890. The number of nitrogens with one attached hydrogen (secondary N) is 1. The highest BCUT2D eigenvalue weighted by atomic mass is 19.1. The molecule has 2 heteroatoms. The molecular weight excluding hydrogens is 225 g/mol. The first kappa shape index (κ1) is 15.2. The van der Waals surface area contributed by atoms with E-state index >= 15 is 0 Å². The second-order valence-corrected chi connectivity index (χ2v) is 6.03. The molecule has 1 rings (SSSR count). The molecule has 1 nitrogen and oxygen atoms in total. The normalized spacial score (nSPS) is 13.6. The van der Waals surface area contributed by atoms with Gasteiger partial charge in [-0.2, -0.15) is 0 Å². The van der Waals surface area contributed by atoms with Crippen LogP contribution >= 0.6 is 0 Å². The fourth-order valence-electron chi connectivity index (χ4n) is 2.56. The van der Waals surface area contributed by atoms with E-state index in [-0.39, 0.29) is 11.2 Å². The second kappa shape index (κ2) is 6.89. The Kier molecular flexibility index (Phi) is 5.80. The smallest absolute Gasteiger partial charge is 0.123 e. The zero-order chi connectivity index (χ0) is 13.6. The van der Waals surface area contributed by atoms with Crippen LogP contribution < -0.4 is 5.32 Å². The summed E-state index contributed by atoms with van der Waals surface area (Å²) >= 11 is 0. The Balaban J connectivity index is 2.53. The van der Waals surface area contributed by atoms with E-state index in [0.29, 0.717) is 6.04 Å². The molecule has 1 aromatic rings. The van der Waals surface area contributed by atoms with Crippen LogP contribution in [0.4, 0.5) is 4.39 Å². The third kappa shape index (κ3) is 5.63. The number of rotatable bonds is 7. The average Bonchev–Trinajstić information content (AvgIpc) is 2.24. The molecule has 18 heavy (non-hydrogen) atoms. The maximum absolute atomic E-state index is 13.2. The number of hydrogen-bond acceptors (Lipinski definition) is 1. The molecule has 0 aliphatic rings. The minimum Gasteiger partial charge on any atom is -0.314 e. The minimum atomic E-state index is -0.138. The van der Waals surface area contributed by atoms with Crippen molar-refractivity contribution >= 4 is 0 Å². The van der Waals surface area contributed by atoms with Crippen molar-refractivity contribution in [2.24, 2.45) is 5.41 Å². The largest absolute Gasteiger partial charge is 0.314 e. The third-order valence-corrected chi connectivity index (χ3v) is 3.17. The molecule has 0 saturated carbocycles. The van der Waals surface area contributed by atoms with E-state index in [2.05, 4.69) is 33.0 Å². The summed E-state index contributed by atoms with van der Waals surface area (Å²) in [5, 5.41) is 3.51. The van der Waals surface area contributed by atoms with Crippen LogP contribution in [0, 0.1) is 11.2 Å². The summed E-state index contributed by atoms with van der Waals surface area (Å²) in [4.78, 5) is 0.